The van der Waals surface area contributed by atoms with Crippen LogP contribution in [0.2, 0.25) is 10.0 Å². The summed E-state index contributed by atoms with van der Waals surface area (Å²) in [5.74, 6) is 0. The second-order valence-corrected chi connectivity index (χ2v) is 7.37. The van der Waals surface area contributed by atoms with Crippen molar-refractivity contribution >= 4 is 38.9 Å². The van der Waals surface area contributed by atoms with Crippen molar-refractivity contribution in [2.75, 3.05) is 17.5 Å². The van der Waals surface area contributed by atoms with E-state index in [1.807, 2.05) is 13.8 Å². The molecule has 0 saturated carbocycles. The van der Waals surface area contributed by atoms with Gasteiger partial charge >= 0.3 is 0 Å². The van der Waals surface area contributed by atoms with E-state index in [-0.39, 0.29) is 21.8 Å². The van der Waals surface area contributed by atoms with Crippen LogP contribution in [0.4, 0.5) is 5.69 Å². The number of benzene rings is 1. The summed E-state index contributed by atoms with van der Waals surface area (Å²) in [5.41, 5.74) is 0.635. The first kappa shape index (κ1) is 17.5. The fourth-order valence-corrected chi connectivity index (χ4v) is 2.69. The summed E-state index contributed by atoms with van der Waals surface area (Å²) in [7, 11) is -3.44. The van der Waals surface area contributed by atoms with Crippen molar-refractivity contribution in [1.82, 2.24) is 5.32 Å². The van der Waals surface area contributed by atoms with E-state index in [0.717, 1.165) is 6.26 Å². The second kappa shape index (κ2) is 6.95. The van der Waals surface area contributed by atoms with Gasteiger partial charge in [0.05, 0.1) is 23.1 Å². The number of rotatable bonds is 6. The Bertz CT molecular complexity index is 576. The maximum atomic E-state index is 11.2. The van der Waals surface area contributed by atoms with E-state index in [1.54, 1.807) is 0 Å². The van der Waals surface area contributed by atoms with Gasteiger partial charge in [-0.25, -0.2) is 8.42 Å². The minimum Gasteiger partial charge on any atom is -0.387 e. The molecule has 0 aliphatic heterocycles. The highest BCUT2D eigenvalue weighted by atomic mass is 35.5. The molecule has 0 amide bonds. The van der Waals surface area contributed by atoms with Gasteiger partial charge in [-0.3, -0.25) is 4.72 Å². The minimum atomic E-state index is -3.44. The lowest BCUT2D eigenvalue weighted by molar-refractivity contribution is 0.172. The first-order valence-electron chi connectivity index (χ1n) is 5.98. The highest BCUT2D eigenvalue weighted by Crippen LogP contribution is 2.33. The lowest BCUT2D eigenvalue weighted by atomic mass is 10.1. The molecular weight excluding hydrogens is 323 g/mol. The van der Waals surface area contributed by atoms with Crippen molar-refractivity contribution < 1.29 is 13.5 Å². The summed E-state index contributed by atoms with van der Waals surface area (Å²) in [6.45, 7) is 4.24. The van der Waals surface area contributed by atoms with Crippen molar-refractivity contribution in [2.24, 2.45) is 0 Å². The maximum absolute atomic E-state index is 11.2. The van der Waals surface area contributed by atoms with Crippen LogP contribution in [0.3, 0.4) is 0 Å². The number of sulfonamides is 1. The van der Waals surface area contributed by atoms with E-state index in [4.69, 9.17) is 23.2 Å². The van der Waals surface area contributed by atoms with Crippen LogP contribution in [0.15, 0.2) is 12.1 Å². The second-order valence-electron chi connectivity index (χ2n) is 4.81. The number of halogens is 2. The zero-order chi connectivity index (χ0) is 15.5. The maximum Gasteiger partial charge on any atom is 0.229 e. The lowest BCUT2D eigenvalue weighted by Gasteiger charge is -2.17. The molecule has 8 heteroatoms. The summed E-state index contributed by atoms with van der Waals surface area (Å²) < 4.78 is 24.6. The highest BCUT2D eigenvalue weighted by Gasteiger charge is 2.16. The lowest BCUT2D eigenvalue weighted by Crippen LogP contribution is -2.28. The van der Waals surface area contributed by atoms with Gasteiger partial charge in [0.15, 0.2) is 0 Å². The third kappa shape index (κ3) is 5.46. The molecule has 0 bridgehead atoms. The number of hydrogen-bond acceptors (Lipinski definition) is 4. The van der Waals surface area contributed by atoms with Gasteiger partial charge in [-0.15, -0.1) is 0 Å². The molecule has 0 saturated heterocycles. The van der Waals surface area contributed by atoms with Crippen LogP contribution in [0, 0.1) is 0 Å². The molecule has 1 aromatic carbocycles. The first-order chi connectivity index (χ1) is 9.10. The van der Waals surface area contributed by atoms with E-state index in [0.29, 0.717) is 12.1 Å². The predicted octanol–water partition coefficient (Wildman–Crippen LogP) is 2.40. The van der Waals surface area contributed by atoms with Crippen LogP contribution in [0.5, 0.6) is 0 Å². The Morgan fingerprint density at radius 3 is 2.35 bits per heavy atom. The summed E-state index contributed by atoms with van der Waals surface area (Å²) in [6, 6.07) is 3.08. The van der Waals surface area contributed by atoms with Crippen LogP contribution in [-0.2, 0) is 10.0 Å². The molecule has 0 aliphatic carbocycles. The third-order valence-electron chi connectivity index (χ3n) is 2.46. The van der Waals surface area contributed by atoms with Gasteiger partial charge < -0.3 is 10.4 Å². The molecule has 0 aliphatic rings. The summed E-state index contributed by atoms with van der Waals surface area (Å²) in [5, 5.41) is 13.6. The summed E-state index contributed by atoms with van der Waals surface area (Å²) >= 11 is 12.1. The Kier molecular flexibility index (Phi) is 6.09. The van der Waals surface area contributed by atoms with Crippen molar-refractivity contribution in [3.8, 4) is 0 Å². The number of aliphatic hydroxyl groups excluding tert-OH is 1. The van der Waals surface area contributed by atoms with Gasteiger partial charge in [-0.2, -0.15) is 0 Å². The Morgan fingerprint density at radius 1 is 1.25 bits per heavy atom. The molecule has 0 fully saturated rings. The molecule has 3 N–H and O–H groups in total. The SMILES string of the molecule is CC(C)NCC(O)c1cc(Cl)c(NS(C)(=O)=O)cc1Cl. The molecule has 1 aromatic rings. The van der Waals surface area contributed by atoms with Crippen molar-refractivity contribution in [2.45, 2.75) is 26.0 Å². The van der Waals surface area contributed by atoms with Crippen LogP contribution >= 0.6 is 23.2 Å². The Morgan fingerprint density at radius 2 is 1.85 bits per heavy atom. The van der Waals surface area contributed by atoms with E-state index >= 15 is 0 Å². The predicted molar refractivity (Wildman–Crippen MR) is 83.0 cm³/mol. The van der Waals surface area contributed by atoms with E-state index in [2.05, 4.69) is 10.0 Å². The van der Waals surface area contributed by atoms with Gasteiger partial charge in [0, 0.05) is 23.2 Å². The van der Waals surface area contributed by atoms with Gasteiger partial charge in [-0.05, 0) is 12.1 Å². The van der Waals surface area contributed by atoms with Gasteiger partial charge in [0.1, 0.15) is 0 Å². The van der Waals surface area contributed by atoms with Crippen LogP contribution in [0.25, 0.3) is 0 Å². The fraction of sp³-hybridized carbons (Fsp3) is 0.500. The van der Waals surface area contributed by atoms with Gasteiger partial charge in [0.25, 0.3) is 0 Å². The monoisotopic (exact) mass is 340 g/mol. The molecule has 114 valence electrons. The van der Waals surface area contributed by atoms with E-state index in [9.17, 15) is 13.5 Å². The van der Waals surface area contributed by atoms with Gasteiger partial charge in [-0.1, -0.05) is 37.0 Å². The quantitative estimate of drug-likeness (QED) is 0.742. The number of aliphatic hydroxyl groups is 1. The first-order valence-corrected chi connectivity index (χ1v) is 8.63. The minimum absolute atomic E-state index is 0.179. The summed E-state index contributed by atoms with van der Waals surface area (Å²) in [6.07, 6.45) is 0.196. The van der Waals surface area contributed by atoms with Crippen LogP contribution in [0.1, 0.15) is 25.5 Å². The Hall–Kier alpha value is -0.530. The van der Waals surface area contributed by atoms with Crippen LogP contribution in [-0.4, -0.2) is 32.4 Å². The average Bonchev–Trinajstić information content (AvgIpc) is 2.28. The molecule has 1 atom stereocenters. The highest BCUT2D eigenvalue weighted by molar-refractivity contribution is 7.92. The molecule has 1 unspecified atom stereocenters. The third-order valence-corrected chi connectivity index (χ3v) is 3.69. The normalized spacial score (nSPS) is 13.6. The molecule has 0 aromatic heterocycles. The molecule has 0 heterocycles. The van der Waals surface area contributed by atoms with Crippen molar-refractivity contribution in [3.05, 3.63) is 27.7 Å². The largest absolute Gasteiger partial charge is 0.387 e. The van der Waals surface area contributed by atoms with E-state index < -0.39 is 16.1 Å². The zero-order valence-electron chi connectivity index (χ0n) is 11.4. The number of anilines is 1. The fourth-order valence-electron chi connectivity index (χ4n) is 1.55. The molecule has 5 nitrogen and oxygen atoms in total. The smallest absolute Gasteiger partial charge is 0.229 e. The van der Waals surface area contributed by atoms with Crippen molar-refractivity contribution in [3.63, 3.8) is 0 Å². The Balaban J connectivity index is 2.99. The number of hydrogen-bond donors (Lipinski definition) is 3. The Labute approximate surface area is 129 Å². The number of nitrogens with one attached hydrogen (secondary N) is 2. The molecule has 20 heavy (non-hydrogen) atoms. The molecule has 0 spiro atoms. The standard InChI is InChI=1S/C12H18Cl2N2O3S/c1-7(2)15-6-12(17)8-4-10(14)11(5-9(8)13)16-20(3,18)19/h4-5,7,12,15-17H,6H2,1-3H3. The topological polar surface area (TPSA) is 78.4 Å². The molecule has 1 rings (SSSR count). The van der Waals surface area contributed by atoms with Crippen molar-refractivity contribution in [1.29, 1.82) is 0 Å². The molecule has 0 radical (unpaired) electrons. The molecular formula is C12H18Cl2N2O3S. The van der Waals surface area contributed by atoms with E-state index in [1.165, 1.54) is 12.1 Å². The van der Waals surface area contributed by atoms with Crippen LogP contribution < -0.4 is 10.0 Å². The summed E-state index contributed by atoms with van der Waals surface area (Å²) in [4.78, 5) is 0. The van der Waals surface area contributed by atoms with Gasteiger partial charge in [0.2, 0.25) is 10.0 Å². The average molecular weight is 341 g/mol. The zero-order valence-corrected chi connectivity index (χ0v) is 13.8.